The molecule has 2 aromatic rings. The number of ether oxygens (including phenoxy) is 6. The maximum atomic E-state index is 11.9. The lowest BCUT2D eigenvalue weighted by molar-refractivity contribution is -0.361. The summed E-state index contributed by atoms with van der Waals surface area (Å²) in [6, 6.07) is 4.08. The summed E-state index contributed by atoms with van der Waals surface area (Å²) in [5.41, 5.74) is -0.126. The Morgan fingerprint density at radius 1 is 0.796 bits per heavy atom. The number of benzene rings is 2. The van der Waals surface area contributed by atoms with Gasteiger partial charge < -0.3 is 84.6 Å². The highest BCUT2D eigenvalue weighted by molar-refractivity contribution is 5.90. The number of aliphatic carboxylic acids is 1. The number of esters is 1. The van der Waals surface area contributed by atoms with Crippen molar-refractivity contribution >= 4 is 18.0 Å². The number of hydrogen-bond donors (Lipinski definition) is 11. The minimum atomic E-state index is -2.00. The maximum Gasteiger partial charge on any atom is 0.317 e. The zero-order chi connectivity index (χ0) is 35.9. The van der Waals surface area contributed by atoms with E-state index in [1.165, 1.54) is 13.0 Å². The molecule has 0 aliphatic carbocycles. The Kier molecular flexibility index (Phi) is 10.3. The van der Waals surface area contributed by atoms with E-state index in [2.05, 4.69) is 0 Å². The van der Waals surface area contributed by atoms with Gasteiger partial charge in [-0.15, -0.1) is 0 Å². The number of aliphatic hydroxyl groups is 5. The van der Waals surface area contributed by atoms with Crippen molar-refractivity contribution in [2.24, 2.45) is 0 Å². The minimum Gasteiger partial charge on any atom is -0.508 e. The van der Waals surface area contributed by atoms with Gasteiger partial charge in [0.15, 0.2) is 35.7 Å². The van der Waals surface area contributed by atoms with E-state index in [4.69, 9.17) is 33.5 Å². The second-order valence-corrected chi connectivity index (χ2v) is 11.5. The van der Waals surface area contributed by atoms with Crippen molar-refractivity contribution in [3.63, 3.8) is 0 Å². The SMILES string of the molecule is CC1OC(OC2C(OC3=Cc4c(O)cc(O)cc4OC3c3cc(O)c(O)c(O)c3)OC(COC(=O)CC(=O)O)C(O)C2O)C(O)C(O)C1O. The van der Waals surface area contributed by atoms with Gasteiger partial charge in [0.1, 0.15) is 72.7 Å². The first-order chi connectivity index (χ1) is 23.0. The molecule has 0 spiro atoms. The number of phenolic OH excluding ortho intramolecular Hbond substituents is 5. The molecular weight excluding hydrogens is 664 g/mol. The number of carbonyl (C=O) groups is 2. The quantitative estimate of drug-likeness (QED) is 0.0796. The van der Waals surface area contributed by atoms with Gasteiger partial charge in [-0.25, -0.2) is 0 Å². The monoisotopic (exact) mass is 698 g/mol. The third-order valence-corrected chi connectivity index (χ3v) is 7.99. The fraction of sp³-hybridized carbons (Fsp3) is 0.467. The van der Waals surface area contributed by atoms with Gasteiger partial charge >= 0.3 is 11.9 Å². The van der Waals surface area contributed by atoms with Crippen LogP contribution in [0, 0.1) is 0 Å². The summed E-state index contributed by atoms with van der Waals surface area (Å²) in [6.45, 7) is 0.552. The van der Waals surface area contributed by atoms with Crippen LogP contribution in [0.3, 0.4) is 0 Å². The molecule has 0 saturated carbocycles. The lowest BCUT2D eigenvalue weighted by Gasteiger charge is -2.46. The third kappa shape index (κ3) is 7.38. The molecule has 19 nitrogen and oxygen atoms in total. The molecule has 2 aromatic carbocycles. The lowest BCUT2D eigenvalue weighted by atomic mass is 9.97. The van der Waals surface area contributed by atoms with Crippen LogP contribution in [0.2, 0.25) is 0 Å². The molecule has 0 aromatic heterocycles. The van der Waals surface area contributed by atoms with Crippen LogP contribution in [0.1, 0.15) is 30.6 Å². The normalized spacial score (nSPS) is 32.7. The molecule has 0 bridgehead atoms. The Morgan fingerprint density at radius 3 is 2.12 bits per heavy atom. The molecule has 0 radical (unpaired) electrons. The second-order valence-electron chi connectivity index (χ2n) is 11.5. The standard InChI is InChI=1S/C30H34O19/c1-9-21(38)24(41)26(43)29(45-9)49-28-25(42)23(40)18(8-44-20(37)7-19(35)36)48-30(28)47-17-6-12-13(32)4-11(31)5-16(12)46-27(17)10-2-14(33)22(39)15(34)3-10/h2-6,9,18,21,23-34,38-43H,7-8H2,1H3,(H,35,36). The summed E-state index contributed by atoms with van der Waals surface area (Å²) < 4.78 is 33.9. The van der Waals surface area contributed by atoms with Crippen molar-refractivity contribution < 1.29 is 94.2 Å². The van der Waals surface area contributed by atoms with Crippen LogP contribution in [-0.2, 0) is 33.3 Å². The van der Waals surface area contributed by atoms with Gasteiger partial charge in [-0.1, -0.05) is 0 Å². The third-order valence-electron chi connectivity index (χ3n) is 7.99. The molecule has 3 aliphatic heterocycles. The van der Waals surface area contributed by atoms with Crippen LogP contribution in [0.4, 0.5) is 0 Å². The second kappa shape index (κ2) is 14.1. The van der Waals surface area contributed by atoms with Gasteiger partial charge in [0, 0.05) is 17.7 Å². The number of carbonyl (C=O) groups excluding carboxylic acids is 1. The summed E-state index contributed by atoms with van der Waals surface area (Å²) in [6.07, 6.45) is -18.6. The van der Waals surface area contributed by atoms with Gasteiger partial charge in [-0.05, 0) is 25.1 Å². The molecule has 0 amide bonds. The fourth-order valence-electron chi connectivity index (χ4n) is 5.40. The van der Waals surface area contributed by atoms with E-state index in [0.717, 1.165) is 24.3 Å². The molecule has 2 fully saturated rings. The number of hydrogen-bond acceptors (Lipinski definition) is 18. The molecule has 11 atom stereocenters. The van der Waals surface area contributed by atoms with Gasteiger partial charge in [0.05, 0.1) is 11.7 Å². The Morgan fingerprint density at radius 2 is 1.47 bits per heavy atom. The van der Waals surface area contributed by atoms with E-state index < -0.39 is 121 Å². The predicted octanol–water partition coefficient (Wildman–Crippen LogP) is -1.62. The molecule has 3 heterocycles. The number of fused-ring (bicyclic) bond motifs is 1. The number of phenols is 5. The molecule has 49 heavy (non-hydrogen) atoms. The largest absolute Gasteiger partial charge is 0.508 e. The molecule has 19 heteroatoms. The van der Waals surface area contributed by atoms with Crippen LogP contribution in [-0.4, -0.2) is 136 Å². The van der Waals surface area contributed by atoms with E-state index in [1.54, 1.807) is 0 Å². The van der Waals surface area contributed by atoms with E-state index in [0.29, 0.717) is 0 Å². The van der Waals surface area contributed by atoms with Crippen molar-refractivity contribution in [2.75, 3.05) is 6.61 Å². The molecule has 2 saturated heterocycles. The zero-order valence-electron chi connectivity index (χ0n) is 25.3. The predicted molar refractivity (Wildman–Crippen MR) is 155 cm³/mol. The number of carboxylic acids is 1. The Bertz CT molecular complexity index is 1570. The maximum absolute atomic E-state index is 11.9. The van der Waals surface area contributed by atoms with Gasteiger partial charge in [-0.2, -0.15) is 0 Å². The van der Waals surface area contributed by atoms with Crippen molar-refractivity contribution in [3.05, 3.63) is 41.2 Å². The Labute approximate surface area is 275 Å². The molecule has 11 N–H and O–H groups in total. The number of carboxylic acid groups (broad SMARTS) is 1. The highest BCUT2D eigenvalue weighted by Gasteiger charge is 2.52. The van der Waals surface area contributed by atoms with Crippen LogP contribution < -0.4 is 4.74 Å². The van der Waals surface area contributed by atoms with Crippen molar-refractivity contribution in [2.45, 2.75) is 80.9 Å². The molecule has 3 aliphatic rings. The average molecular weight is 699 g/mol. The van der Waals surface area contributed by atoms with Crippen molar-refractivity contribution in [1.82, 2.24) is 0 Å². The highest BCUT2D eigenvalue weighted by atomic mass is 16.8. The summed E-state index contributed by atoms with van der Waals surface area (Å²) >= 11 is 0. The molecule has 11 unspecified atom stereocenters. The molecule has 5 rings (SSSR count). The van der Waals surface area contributed by atoms with Crippen LogP contribution in [0.5, 0.6) is 34.5 Å². The van der Waals surface area contributed by atoms with Crippen LogP contribution >= 0.6 is 0 Å². The topological polar surface area (TPSA) is 312 Å². The average Bonchev–Trinajstić information content (AvgIpc) is 3.03. The minimum absolute atomic E-state index is 0.0544. The summed E-state index contributed by atoms with van der Waals surface area (Å²) in [5.74, 6) is -6.46. The van der Waals surface area contributed by atoms with Gasteiger partial charge in [-0.3, -0.25) is 9.59 Å². The molecular formula is C30H34O19. The van der Waals surface area contributed by atoms with Crippen LogP contribution in [0.15, 0.2) is 30.0 Å². The van der Waals surface area contributed by atoms with Gasteiger partial charge in [0.25, 0.3) is 0 Å². The smallest absolute Gasteiger partial charge is 0.317 e. The van der Waals surface area contributed by atoms with Gasteiger partial charge in [0.2, 0.25) is 6.29 Å². The van der Waals surface area contributed by atoms with E-state index in [-0.39, 0.29) is 22.6 Å². The first kappa shape index (κ1) is 35.7. The first-order valence-electron chi connectivity index (χ1n) is 14.7. The number of aliphatic hydroxyl groups excluding tert-OH is 5. The van der Waals surface area contributed by atoms with Crippen molar-refractivity contribution in [3.8, 4) is 34.5 Å². The summed E-state index contributed by atoms with van der Waals surface area (Å²) in [4.78, 5) is 22.8. The first-order valence-corrected chi connectivity index (χ1v) is 14.7. The van der Waals surface area contributed by atoms with Crippen LogP contribution in [0.25, 0.3) is 6.08 Å². The summed E-state index contributed by atoms with van der Waals surface area (Å²) in [5, 5.41) is 113. The number of rotatable bonds is 9. The molecule has 268 valence electrons. The van der Waals surface area contributed by atoms with E-state index in [1.807, 2.05) is 0 Å². The highest BCUT2D eigenvalue weighted by Crippen LogP contribution is 2.47. The van der Waals surface area contributed by atoms with E-state index in [9.17, 15) is 60.7 Å². The lowest BCUT2D eigenvalue weighted by Crippen LogP contribution is -2.64. The Balaban J connectivity index is 1.53. The number of aromatic hydroxyl groups is 5. The summed E-state index contributed by atoms with van der Waals surface area (Å²) in [7, 11) is 0. The Hall–Kier alpha value is -4.60. The van der Waals surface area contributed by atoms with E-state index >= 15 is 0 Å². The fourth-order valence-corrected chi connectivity index (χ4v) is 5.40. The zero-order valence-corrected chi connectivity index (χ0v) is 25.3. The van der Waals surface area contributed by atoms with Crippen molar-refractivity contribution in [1.29, 1.82) is 0 Å².